The van der Waals surface area contributed by atoms with E-state index in [4.69, 9.17) is 10.5 Å². The molecule has 0 atom stereocenters. The van der Waals surface area contributed by atoms with Gasteiger partial charge in [0.25, 0.3) is 0 Å². The van der Waals surface area contributed by atoms with Crippen LogP contribution in [0.3, 0.4) is 0 Å². The van der Waals surface area contributed by atoms with E-state index in [1.165, 1.54) is 9.78 Å². The van der Waals surface area contributed by atoms with Crippen molar-refractivity contribution in [2.45, 2.75) is 26.2 Å². The highest BCUT2D eigenvalue weighted by atomic mass is 32.1. The van der Waals surface area contributed by atoms with Crippen molar-refractivity contribution in [1.82, 2.24) is 4.98 Å². The summed E-state index contributed by atoms with van der Waals surface area (Å²) in [6.45, 7) is 6.42. The fraction of sp³-hybridized carbons (Fsp3) is 0.200. The van der Waals surface area contributed by atoms with E-state index in [1.807, 2.05) is 35.7 Å². The molecule has 0 aliphatic rings. The Morgan fingerprint density at radius 2 is 1.65 bits per heavy atom. The Hall–Kier alpha value is -2.86. The zero-order valence-corrected chi connectivity index (χ0v) is 15.8. The van der Waals surface area contributed by atoms with E-state index in [9.17, 15) is 4.79 Å². The molecule has 0 saturated heterocycles. The predicted molar refractivity (Wildman–Crippen MR) is 105 cm³/mol. The highest BCUT2D eigenvalue weighted by Crippen LogP contribution is 2.36. The molecule has 134 valence electrons. The van der Waals surface area contributed by atoms with Gasteiger partial charge in [-0.3, -0.25) is 9.88 Å². The summed E-state index contributed by atoms with van der Waals surface area (Å²) in [5.74, 6) is 1.37. The number of primary amides is 1. The largest absolute Gasteiger partial charge is 0.457 e. The van der Waals surface area contributed by atoms with E-state index < -0.39 is 6.03 Å². The average Bonchev–Trinajstić information content (AvgIpc) is 3.07. The van der Waals surface area contributed by atoms with Crippen LogP contribution in [0.15, 0.2) is 60.2 Å². The highest BCUT2D eigenvalue weighted by Gasteiger charge is 2.21. The minimum absolute atomic E-state index is 0.0223. The van der Waals surface area contributed by atoms with Crippen LogP contribution in [0.25, 0.3) is 0 Å². The molecule has 0 unspecified atom stereocenters. The number of hydrogen-bond acceptors (Lipinski definition) is 4. The number of hydrogen-bond donors (Lipinski definition) is 1. The summed E-state index contributed by atoms with van der Waals surface area (Å²) in [4.78, 5) is 18.7. The van der Waals surface area contributed by atoms with Gasteiger partial charge in [0, 0.05) is 22.7 Å². The minimum atomic E-state index is -0.522. The molecule has 0 aliphatic carbocycles. The normalized spacial score (nSPS) is 11.2. The van der Waals surface area contributed by atoms with Gasteiger partial charge in [0.2, 0.25) is 0 Å². The van der Waals surface area contributed by atoms with Gasteiger partial charge < -0.3 is 10.5 Å². The van der Waals surface area contributed by atoms with Gasteiger partial charge in [-0.2, -0.15) is 0 Å². The summed E-state index contributed by atoms with van der Waals surface area (Å²) in [6, 6.07) is 12.3. The quantitative estimate of drug-likeness (QED) is 0.666. The van der Waals surface area contributed by atoms with Gasteiger partial charge in [0.05, 0.1) is 11.4 Å². The molecule has 5 nitrogen and oxygen atoms in total. The number of rotatable bonds is 4. The van der Waals surface area contributed by atoms with Gasteiger partial charge in [0.1, 0.15) is 11.5 Å². The molecule has 0 spiro atoms. The molecule has 2 amide bonds. The first-order valence-corrected chi connectivity index (χ1v) is 9.09. The second-order valence-corrected chi connectivity index (χ2v) is 7.78. The topological polar surface area (TPSA) is 68.5 Å². The van der Waals surface area contributed by atoms with Crippen LogP contribution < -0.4 is 15.4 Å². The second-order valence-electron chi connectivity index (χ2n) is 6.87. The molecule has 3 aromatic rings. The Labute approximate surface area is 157 Å². The van der Waals surface area contributed by atoms with E-state index in [-0.39, 0.29) is 5.41 Å². The number of nitrogens with zero attached hydrogens (tertiary/aromatic N) is 2. The van der Waals surface area contributed by atoms with Crippen molar-refractivity contribution in [2.24, 2.45) is 5.73 Å². The highest BCUT2D eigenvalue weighted by molar-refractivity contribution is 7.10. The van der Waals surface area contributed by atoms with Crippen LogP contribution in [-0.4, -0.2) is 11.0 Å². The smallest absolute Gasteiger partial charge is 0.323 e. The third-order valence-corrected chi connectivity index (χ3v) is 5.13. The van der Waals surface area contributed by atoms with Crippen molar-refractivity contribution in [3.63, 3.8) is 0 Å². The number of thiophene rings is 1. The van der Waals surface area contributed by atoms with E-state index in [0.717, 1.165) is 5.69 Å². The molecule has 0 radical (unpaired) electrons. The average molecular weight is 367 g/mol. The van der Waals surface area contributed by atoms with Crippen LogP contribution in [-0.2, 0) is 5.41 Å². The second kappa shape index (κ2) is 7.17. The molecule has 1 aromatic carbocycles. The number of urea groups is 1. The Kier molecular flexibility index (Phi) is 4.95. The first kappa shape index (κ1) is 17.9. The zero-order valence-electron chi connectivity index (χ0n) is 15.0. The van der Waals surface area contributed by atoms with Crippen LogP contribution >= 0.6 is 11.3 Å². The molecular formula is C20H21N3O2S. The molecule has 0 aliphatic heterocycles. The molecule has 3 rings (SSSR count). The van der Waals surface area contributed by atoms with Crippen LogP contribution in [0.5, 0.6) is 11.5 Å². The number of carbonyl (C=O) groups excluding carboxylic acids is 1. The molecule has 2 N–H and O–H groups in total. The van der Waals surface area contributed by atoms with Crippen molar-refractivity contribution in [3.8, 4) is 11.5 Å². The summed E-state index contributed by atoms with van der Waals surface area (Å²) in [5.41, 5.74) is 7.12. The zero-order chi connectivity index (χ0) is 18.7. The lowest BCUT2D eigenvalue weighted by atomic mass is 9.94. The molecule has 2 heterocycles. The maximum atomic E-state index is 12.0. The number of anilines is 2. The van der Waals surface area contributed by atoms with E-state index in [0.29, 0.717) is 17.2 Å². The lowest BCUT2D eigenvalue weighted by Gasteiger charge is -2.20. The van der Waals surface area contributed by atoms with Crippen LogP contribution in [0, 0.1) is 0 Å². The third-order valence-electron chi connectivity index (χ3n) is 3.78. The van der Waals surface area contributed by atoms with Crippen molar-refractivity contribution in [1.29, 1.82) is 0 Å². The van der Waals surface area contributed by atoms with Crippen LogP contribution in [0.2, 0.25) is 0 Å². The number of ether oxygens (including phenoxy) is 1. The number of benzene rings is 1. The number of nitrogens with two attached hydrogens (primary N) is 1. The summed E-state index contributed by atoms with van der Waals surface area (Å²) >= 11 is 1.62. The molecule has 2 aromatic heterocycles. The molecule has 26 heavy (non-hydrogen) atoms. The maximum absolute atomic E-state index is 12.0. The Morgan fingerprint density at radius 1 is 1.04 bits per heavy atom. The summed E-state index contributed by atoms with van der Waals surface area (Å²) in [7, 11) is 0. The number of carbonyl (C=O) groups is 1. The van der Waals surface area contributed by atoms with E-state index in [1.54, 1.807) is 35.9 Å². The summed E-state index contributed by atoms with van der Waals surface area (Å²) in [5, 5.41) is 1.95. The molecule has 0 fully saturated rings. The summed E-state index contributed by atoms with van der Waals surface area (Å²) < 4.78 is 5.76. The van der Waals surface area contributed by atoms with Gasteiger partial charge in [0.15, 0.2) is 0 Å². The predicted octanol–water partition coefficient (Wildman–Crippen LogP) is 5.45. The first-order chi connectivity index (χ1) is 12.3. The van der Waals surface area contributed by atoms with Gasteiger partial charge in [-0.15, -0.1) is 11.3 Å². The van der Waals surface area contributed by atoms with Gasteiger partial charge >= 0.3 is 6.03 Å². The Balaban J connectivity index is 1.85. The standard InChI is InChI=1S/C20H21N3O2S/c1-20(2,3)18-12-15(13-26-18)23(19(21)24)14-4-6-16(7-5-14)25-17-8-10-22-11-9-17/h4-13H,1-3H3,(H2,21,24). The summed E-state index contributed by atoms with van der Waals surface area (Å²) in [6.07, 6.45) is 3.34. The fourth-order valence-electron chi connectivity index (χ4n) is 2.45. The number of amides is 2. The molecule has 0 saturated carbocycles. The number of pyridine rings is 1. The molecule has 6 heteroatoms. The number of aromatic nitrogens is 1. The molecular weight excluding hydrogens is 346 g/mol. The van der Waals surface area contributed by atoms with Gasteiger partial charge in [-0.1, -0.05) is 20.8 Å². The monoisotopic (exact) mass is 367 g/mol. The lowest BCUT2D eigenvalue weighted by molar-refractivity contribution is 0.256. The Morgan fingerprint density at radius 3 is 2.19 bits per heavy atom. The maximum Gasteiger partial charge on any atom is 0.323 e. The Bertz CT molecular complexity index is 883. The van der Waals surface area contributed by atoms with Crippen molar-refractivity contribution in [2.75, 3.05) is 4.90 Å². The van der Waals surface area contributed by atoms with Gasteiger partial charge in [-0.05, 0) is 47.9 Å². The SMILES string of the molecule is CC(C)(C)c1cc(N(C(N)=O)c2ccc(Oc3ccncc3)cc2)cs1. The van der Waals surface area contributed by atoms with Crippen molar-refractivity contribution >= 4 is 28.7 Å². The fourth-order valence-corrected chi connectivity index (χ4v) is 3.41. The lowest BCUT2D eigenvalue weighted by Crippen LogP contribution is -2.31. The van der Waals surface area contributed by atoms with E-state index >= 15 is 0 Å². The molecule has 0 bridgehead atoms. The van der Waals surface area contributed by atoms with Crippen molar-refractivity contribution in [3.05, 3.63) is 65.1 Å². The van der Waals surface area contributed by atoms with E-state index in [2.05, 4.69) is 25.8 Å². The van der Waals surface area contributed by atoms with Gasteiger partial charge in [-0.25, -0.2) is 4.79 Å². The van der Waals surface area contributed by atoms with Crippen LogP contribution in [0.4, 0.5) is 16.2 Å². The van der Waals surface area contributed by atoms with Crippen LogP contribution in [0.1, 0.15) is 25.6 Å². The minimum Gasteiger partial charge on any atom is -0.457 e. The first-order valence-electron chi connectivity index (χ1n) is 8.21. The third kappa shape index (κ3) is 4.03. The van der Waals surface area contributed by atoms with Crippen molar-refractivity contribution < 1.29 is 9.53 Å².